The fourth-order valence-electron chi connectivity index (χ4n) is 6.16. The molecule has 0 bridgehead atoms. The van der Waals surface area contributed by atoms with E-state index in [1.54, 1.807) is 62.4 Å². The van der Waals surface area contributed by atoms with Crippen LogP contribution < -0.4 is 21.3 Å². The van der Waals surface area contributed by atoms with Crippen molar-refractivity contribution in [3.05, 3.63) is 131 Å². The average molecular weight is 887 g/mol. The molecule has 0 aliphatic rings. The van der Waals surface area contributed by atoms with Crippen molar-refractivity contribution in [2.24, 2.45) is 5.41 Å². The normalized spacial score (nSPS) is 12.0. The van der Waals surface area contributed by atoms with Crippen LogP contribution in [0.5, 0.6) is 0 Å². The Morgan fingerprint density at radius 2 is 1.02 bits per heavy atom. The first-order chi connectivity index (χ1) is 29.8. The third kappa shape index (κ3) is 16.8. The number of hydrogen-bond acceptors (Lipinski definition) is 10. The highest BCUT2D eigenvalue weighted by atomic mass is 33.1. The minimum atomic E-state index is -1.31. The van der Waals surface area contributed by atoms with Gasteiger partial charge >= 0.3 is 24.1 Å². The third-order valence-corrected chi connectivity index (χ3v) is 12.3. The Balaban J connectivity index is 1.29. The molecule has 2 atom stereocenters. The summed E-state index contributed by atoms with van der Waals surface area (Å²) < 4.78 is 10.5. The summed E-state index contributed by atoms with van der Waals surface area (Å²) in [6.07, 6.45) is 1.43. The van der Waals surface area contributed by atoms with Gasteiger partial charge in [-0.2, -0.15) is 0 Å². The summed E-state index contributed by atoms with van der Waals surface area (Å²) in [5.74, 6) is -3.05. The van der Waals surface area contributed by atoms with Crippen molar-refractivity contribution in [3.63, 3.8) is 0 Å². The van der Waals surface area contributed by atoms with E-state index in [-0.39, 0.29) is 19.6 Å². The van der Waals surface area contributed by atoms with Crippen molar-refractivity contribution >= 4 is 57.5 Å². The molecule has 4 rings (SSSR count). The van der Waals surface area contributed by atoms with Crippen LogP contribution in [-0.4, -0.2) is 71.3 Å². The number of ether oxygens (including phenoxy) is 2. The molecule has 0 heterocycles. The molecule has 14 nitrogen and oxygen atoms in total. The number of carbonyl (C=O) groups excluding carboxylic acids is 4. The number of amides is 4. The maximum absolute atomic E-state index is 13.8. The van der Waals surface area contributed by atoms with Gasteiger partial charge in [0.2, 0.25) is 0 Å². The van der Waals surface area contributed by atoms with Gasteiger partial charge in [0, 0.05) is 35.0 Å². The monoisotopic (exact) mass is 886 g/mol. The van der Waals surface area contributed by atoms with Crippen LogP contribution in [0.15, 0.2) is 119 Å². The lowest BCUT2D eigenvalue weighted by atomic mass is 9.81. The molecule has 0 saturated carbocycles. The first-order valence-electron chi connectivity index (χ1n) is 20.3. The van der Waals surface area contributed by atoms with Crippen molar-refractivity contribution in [3.8, 4) is 0 Å². The number of benzene rings is 4. The second-order valence-electron chi connectivity index (χ2n) is 14.9. The molecule has 330 valence electrons. The summed E-state index contributed by atoms with van der Waals surface area (Å²) in [6, 6.07) is 30.9. The summed E-state index contributed by atoms with van der Waals surface area (Å²) >= 11 is 0. The van der Waals surface area contributed by atoms with Gasteiger partial charge in [-0.3, -0.25) is 19.2 Å². The van der Waals surface area contributed by atoms with Crippen LogP contribution in [0.4, 0.5) is 9.59 Å². The second-order valence-corrected chi connectivity index (χ2v) is 17.2. The standard InChI is InChI=1S/C46H54N4O10S2/c1-46(2,43(55)56)39(26-14-16-28-48-45(58)60-31-33-19-7-4-8-20-33)50-42(54)36-23-10-12-25-38(36)62-61-37-24-11-9-22-35(37)41(53)49-34(29-40(51)52)21-13-15-27-47-44(57)59-30-32-17-5-3-6-18-32/h3-12,17-20,22-25,34,39H,13-16,21,26-31H2,1-2H3,(H,47,57)(H,48,58)(H,49,53)(H,50,54)(H,51,52)(H,55,56)/t34-,39-/m0/s1. The second kappa shape index (κ2) is 25.7. The first kappa shape index (κ1) is 48.7. The van der Waals surface area contributed by atoms with Crippen LogP contribution in [0.2, 0.25) is 0 Å². The summed E-state index contributed by atoms with van der Waals surface area (Å²) in [6.45, 7) is 4.04. The van der Waals surface area contributed by atoms with E-state index in [1.165, 1.54) is 21.6 Å². The Kier molecular flexibility index (Phi) is 20.2. The van der Waals surface area contributed by atoms with Gasteiger partial charge in [0.1, 0.15) is 13.2 Å². The van der Waals surface area contributed by atoms with E-state index < -0.39 is 53.4 Å². The van der Waals surface area contributed by atoms with Gasteiger partial charge in [-0.05, 0) is 87.8 Å². The van der Waals surface area contributed by atoms with Gasteiger partial charge in [0.05, 0.1) is 23.0 Å². The van der Waals surface area contributed by atoms with Gasteiger partial charge in [-0.25, -0.2) is 9.59 Å². The molecule has 0 unspecified atom stereocenters. The predicted molar refractivity (Wildman–Crippen MR) is 238 cm³/mol. The Morgan fingerprint density at radius 3 is 1.48 bits per heavy atom. The first-order valence-corrected chi connectivity index (χ1v) is 22.5. The van der Waals surface area contributed by atoms with Crippen molar-refractivity contribution in [1.29, 1.82) is 0 Å². The molecule has 0 spiro atoms. The lowest BCUT2D eigenvalue weighted by Gasteiger charge is -2.31. The largest absolute Gasteiger partial charge is 0.481 e. The van der Waals surface area contributed by atoms with E-state index in [9.17, 15) is 39.0 Å². The van der Waals surface area contributed by atoms with Gasteiger partial charge in [0.15, 0.2) is 0 Å². The highest BCUT2D eigenvalue weighted by molar-refractivity contribution is 8.76. The van der Waals surface area contributed by atoms with Crippen molar-refractivity contribution in [2.45, 2.75) is 93.9 Å². The third-order valence-electron chi connectivity index (χ3n) is 9.83. The summed E-state index contributed by atoms with van der Waals surface area (Å²) in [7, 11) is 2.50. The van der Waals surface area contributed by atoms with Crippen LogP contribution in [0.25, 0.3) is 0 Å². The SMILES string of the molecule is CC(C)(C(=O)O)[C@H](CCCCNC(=O)OCc1ccccc1)NC(=O)c1ccccc1SSc1ccccc1C(=O)N[C@@H](CCCCNC(=O)OCc1ccccc1)CC(=O)O. The van der Waals surface area contributed by atoms with E-state index in [1.807, 2.05) is 60.7 Å². The van der Waals surface area contributed by atoms with Crippen molar-refractivity contribution < 1.29 is 48.5 Å². The van der Waals surface area contributed by atoms with Gasteiger partial charge in [-0.1, -0.05) is 107 Å². The molecule has 16 heteroatoms. The molecular weight excluding hydrogens is 833 g/mol. The molecule has 0 aliphatic heterocycles. The number of carboxylic acids is 2. The number of nitrogens with one attached hydrogen (secondary N) is 4. The molecule has 6 N–H and O–H groups in total. The zero-order chi connectivity index (χ0) is 44.7. The molecule has 0 saturated heterocycles. The number of unbranched alkanes of at least 4 members (excludes halogenated alkanes) is 2. The van der Waals surface area contributed by atoms with E-state index in [2.05, 4.69) is 21.3 Å². The van der Waals surface area contributed by atoms with Crippen LogP contribution >= 0.6 is 21.6 Å². The lowest BCUT2D eigenvalue weighted by molar-refractivity contribution is -0.148. The highest BCUT2D eigenvalue weighted by Gasteiger charge is 2.38. The minimum absolute atomic E-state index is 0.140. The Morgan fingerprint density at radius 1 is 0.581 bits per heavy atom. The Bertz CT molecular complexity index is 2090. The van der Waals surface area contributed by atoms with Crippen LogP contribution in [0.3, 0.4) is 0 Å². The highest BCUT2D eigenvalue weighted by Crippen LogP contribution is 2.40. The van der Waals surface area contributed by atoms with Crippen LogP contribution in [0.1, 0.15) is 90.6 Å². The Hall–Kier alpha value is -6.00. The molecule has 4 aromatic rings. The summed E-state index contributed by atoms with van der Waals surface area (Å²) in [5.41, 5.74) is 1.06. The van der Waals surface area contributed by atoms with Crippen LogP contribution in [-0.2, 0) is 32.3 Å². The molecule has 62 heavy (non-hydrogen) atoms. The fourth-order valence-corrected chi connectivity index (χ4v) is 8.52. The van der Waals surface area contributed by atoms with Crippen LogP contribution in [0, 0.1) is 5.41 Å². The minimum Gasteiger partial charge on any atom is -0.481 e. The molecule has 0 aliphatic carbocycles. The van der Waals surface area contributed by atoms with E-state index in [4.69, 9.17) is 9.47 Å². The van der Waals surface area contributed by atoms with E-state index in [0.29, 0.717) is 72.5 Å². The summed E-state index contributed by atoms with van der Waals surface area (Å²) in [4.78, 5) is 76.8. The average Bonchev–Trinajstić information content (AvgIpc) is 3.26. The smallest absolute Gasteiger partial charge is 0.407 e. The number of carboxylic acid groups (broad SMARTS) is 2. The maximum atomic E-state index is 13.8. The molecule has 4 aromatic carbocycles. The zero-order valence-electron chi connectivity index (χ0n) is 34.8. The van der Waals surface area contributed by atoms with E-state index >= 15 is 0 Å². The maximum Gasteiger partial charge on any atom is 0.407 e. The van der Waals surface area contributed by atoms with Gasteiger partial charge in [-0.15, -0.1) is 0 Å². The lowest BCUT2D eigenvalue weighted by Crippen LogP contribution is -2.49. The number of rotatable bonds is 25. The van der Waals surface area contributed by atoms with Crippen molar-refractivity contribution in [1.82, 2.24) is 21.3 Å². The molecule has 0 fully saturated rings. The zero-order valence-corrected chi connectivity index (χ0v) is 36.4. The topological polar surface area (TPSA) is 209 Å². The Labute approximate surface area is 369 Å². The molecule has 4 amide bonds. The number of aliphatic carboxylic acids is 2. The quantitative estimate of drug-likeness (QED) is 0.0274. The van der Waals surface area contributed by atoms with Gasteiger partial charge in [0.25, 0.3) is 11.8 Å². The molecule has 0 aromatic heterocycles. The van der Waals surface area contributed by atoms with E-state index in [0.717, 1.165) is 11.1 Å². The molecule has 0 radical (unpaired) electrons. The number of carbonyl (C=O) groups is 6. The summed E-state index contributed by atoms with van der Waals surface area (Å²) in [5, 5.41) is 30.9. The fraction of sp³-hybridized carbons (Fsp3) is 0.348. The number of hydrogen-bond donors (Lipinski definition) is 6. The van der Waals surface area contributed by atoms with Crippen molar-refractivity contribution in [2.75, 3.05) is 13.1 Å². The predicted octanol–water partition coefficient (Wildman–Crippen LogP) is 8.46. The number of alkyl carbamates (subject to hydrolysis) is 2. The molecular formula is C46H54N4O10S2. The van der Waals surface area contributed by atoms with Gasteiger partial charge < -0.3 is 41.0 Å².